The predicted molar refractivity (Wildman–Crippen MR) is 94.2 cm³/mol. The van der Waals surface area contributed by atoms with Gasteiger partial charge in [0.15, 0.2) is 0 Å². The number of rotatable bonds is 11. The third kappa shape index (κ3) is 6.74. The second-order valence-electron chi connectivity index (χ2n) is 6.65. The molecule has 2 rings (SSSR count). The number of carbonyl (C=O) groups is 1. The van der Waals surface area contributed by atoms with Crippen LogP contribution in [-0.2, 0) is 16.1 Å². The molecule has 1 aliphatic rings. The average molecular weight is 317 g/mol. The standard InChI is InChI=1S/C20H31NO2/c1-2-3-10-19-15-20(22)21(16-19)13-8-5-9-14-23-17-18-11-6-4-7-12-18/h4,6-7,11-12,19H,2-3,5,8-10,13-17H2,1H3/t19-/m0/s1. The molecule has 1 saturated heterocycles. The molecule has 128 valence electrons. The third-order valence-electron chi connectivity index (χ3n) is 4.59. The fourth-order valence-electron chi connectivity index (χ4n) is 3.20. The zero-order valence-corrected chi connectivity index (χ0v) is 14.5. The molecule has 0 unspecified atom stereocenters. The summed E-state index contributed by atoms with van der Waals surface area (Å²) in [4.78, 5) is 14.0. The molecular weight excluding hydrogens is 286 g/mol. The van der Waals surface area contributed by atoms with Gasteiger partial charge in [-0.25, -0.2) is 0 Å². The first kappa shape index (κ1) is 18.0. The van der Waals surface area contributed by atoms with Crippen LogP contribution < -0.4 is 0 Å². The maximum absolute atomic E-state index is 12.0. The molecule has 0 radical (unpaired) electrons. The molecule has 1 heterocycles. The summed E-state index contributed by atoms with van der Waals surface area (Å²) in [5.41, 5.74) is 1.23. The fraction of sp³-hybridized carbons (Fsp3) is 0.650. The van der Waals surface area contributed by atoms with Crippen molar-refractivity contribution in [3.05, 3.63) is 35.9 Å². The second-order valence-corrected chi connectivity index (χ2v) is 6.65. The lowest BCUT2D eigenvalue weighted by molar-refractivity contribution is -0.127. The molecule has 1 aliphatic heterocycles. The molecule has 1 amide bonds. The molecule has 3 heteroatoms. The highest BCUT2D eigenvalue weighted by Crippen LogP contribution is 2.23. The van der Waals surface area contributed by atoms with Gasteiger partial charge in [-0.2, -0.15) is 0 Å². The quantitative estimate of drug-likeness (QED) is 0.566. The van der Waals surface area contributed by atoms with Crippen LogP contribution in [-0.4, -0.2) is 30.5 Å². The Balaban J connectivity index is 1.48. The Morgan fingerprint density at radius 3 is 2.74 bits per heavy atom. The van der Waals surface area contributed by atoms with E-state index in [1.165, 1.54) is 24.8 Å². The van der Waals surface area contributed by atoms with Crippen LogP contribution in [0.15, 0.2) is 30.3 Å². The van der Waals surface area contributed by atoms with Gasteiger partial charge in [0.2, 0.25) is 5.91 Å². The monoisotopic (exact) mass is 317 g/mol. The average Bonchev–Trinajstić information content (AvgIpc) is 2.93. The van der Waals surface area contributed by atoms with Gasteiger partial charge in [0, 0.05) is 26.1 Å². The molecule has 0 aromatic heterocycles. The summed E-state index contributed by atoms with van der Waals surface area (Å²) >= 11 is 0. The number of amides is 1. The van der Waals surface area contributed by atoms with Gasteiger partial charge in [0.1, 0.15) is 0 Å². The SMILES string of the molecule is CCCC[C@H]1CC(=O)N(CCCCCOCc2ccccc2)C1. The van der Waals surface area contributed by atoms with Gasteiger partial charge < -0.3 is 9.64 Å². The number of hydrogen-bond donors (Lipinski definition) is 0. The minimum Gasteiger partial charge on any atom is -0.377 e. The Hall–Kier alpha value is -1.35. The lowest BCUT2D eigenvalue weighted by atomic mass is 10.0. The summed E-state index contributed by atoms with van der Waals surface area (Å²) in [7, 11) is 0. The van der Waals surface area contributed by atoms with E-state index >= 15 is 0 Å². The van der Waals surface area contributed by atoms with Crippen molar-refractivity contribution in [3.63, 3.8) is 0 Å². The van der Waals surface area contributed by atoms with Gasteiger partial charge >= 0.3 is 0 Å². The molecule has 0 bridgehead atoms. The summed E-state index contributed by atoms with van der Waals surface area (Å²) in [6.07, 6.45) is 7.79. The molecule has 3 nitrogen and oxygen atoms in total. The van der Waals surface area contributed by atoms with E-state index in [1.807, 2.05) is 18.2 Å². The number of benzene rings is 1. The molecule has 23 heavy (non-hydrogen) atoms. The molecule has 0 N–H and O–H groups in total. The smallest absolute Gasteiger partial charge is 0.222 e. The Kier molecular flexibility index (Phi) is 8.16. The van der Waals surface area contributed by atoms with Crippen molar-refractivity contribution in [2.24, 2.45) is 5.92 Å². The van der Waals surface area contributed by atoms with Gasteiger partial charge in [-0.15, -0.1) is 0 Å². The van der Waals surface area contributed by atoms with Crippen LogP contribution in [0.25, 0.3) is 0 Å². The topological polar surface area (TPSA) is 29.5 Å². The molecule has 0 saturated carbocycles. The van der Waals surface area contributed by atoms with E-state index in [4.69, 9.17) is 4.74 Å². The van der Waals surface area contributed by atoms with Crippen LogP contribution in [0.3, 0.4) is 0 Å². The first-order valence-electron chi connectivity index (χ1n) is 9.19. The van der Waals surface area contributed by atoms with Crippen molar-refractivity contribution in [1.82, 2.24) is 4.90 Å². The van der Waals surface area contributed by atoms with Crippen molar-refractivity contribution in [2.75, 3.05) is 19.7 Å². The van der Waals surface area contributed by atoms with E-state index in [2.05, 4.69) is 24.0 Å². The van der Waals surface area contributed by atoms with Gasteiger partial charge in [-0.05, 0) is 37.2 Å². The lowest BCUT2D eigenvalue weighted by Crippen LogP contribution is -2.26. The summed E-state index contributed by atoms with van der Waals surface area (Å²) in [5.74, 6) is 0.975. The number of ether oxygens (including phenoxy) is 1. The van der Waals surface area contributed by atoms with Gasteiger partial charge in [0.05, 0.1) is 6.61 Å². The van der Waals surface area contributed by atoms with Gasteiger partial charge in [-0.3, -0.25) is 4.79 Å². The number of likely N-dealkylation sites (tertiary alicyclic amines) is 1. The second kappa shape index (κ2) is 10.4. The highest BCUT2D eigenvalue weighted by molar-refractivity contribution is 5.78. The maximum Gasteiger partial charge on any atom is 0.222 e. The molecule has 1 fully saturated rings. The van der Waals surface area contributed by atoms with Crippen molar-refractivity contribution in [2.45, 2.75) is 58.5 Å². The fourth-order valence-corrected chi connectivity index (χ4v) is 3.20. The van der Waals surface area contributed by atoms with Crippen molar-refractivity contribution >= 4 is 5.91 Å². The number of unbranched alkanes of at least 4 members (excludes halogenated alkanes) is 3. The van der Waals surface area contributed by atoms with Crippen LogP contribution in [0, 0.1) is 5.92 Å². The maximum atomic E-state index is 12.0. The number of nitrogens with zero attached hydrogens (tertiary/aromatic N) is 1. The van der Waals surface area contributed by atoms with Crippen LogP contribution in [0.4, 0.5) is 0 Å². The molecule has 1 aromatic rings. The molecular formula is C20H31NO2. The van der Waals surface area contributed by atoms with E-state index in [1.54, 1.807) is 0 Å². The van der Waals surface area contributed by atoms with Crippen LogP contribution in [0.2, 0.25) is 0 Å². The van der Waals surface area contributed by atoms with E-state index in [-0.39, 0.29) is 0 Å². The molecule has 0 spiro atoms. The van der Waals surface area contributed by atoms with E-state index in [0.717, 1.165) is 45.4 Å². The van der Waals surface area contributed by atoms with Gasteiger partial charge in [0.25, 0.3) is 0 Å². The van der Waals surface area contributed by atoms with Crippen LogP contribution in [0.5, 0.6) is 0 Å². The molecule has 1 atom stereocenters. The van der Waals surface area contributed by atoms with E-state index in [9.17, 15) is 4.79 Å². The predicted octanol–water partition coefficient (Wildman–Crippen LogP) is 4.41. The number of carbonyl (C=O) groups excluding carboxylic acids is 1. The van der Waals surface area contributed by atoms with Crippen molar-refractivity contribution < 1.29 is 9.53 Å². The highest BCUT2D eigenvalue weighted by Gasteiger charge is 2.28. The first-order chi connectivity index (χ1) is 11.3. The summed E-state index contributed by atoms with van der Waals surface area (Å²) < 4.78 is 5.69. The summed E-state index contributed by atoms with van der Waals surface area (Å²) in [6.45, 7) is 5.64. The minimum atomic E-state index is 0.367. The van der Waals surface area contributed by atoms with Crippen molar-refractivity contribution in [1.29, 1.82) is 0 Å². The highest BCUT2D eigenvalue weighted by atomic mass is 16.5. The first-order valence-corrected chi connectivity index (χ1v) is 9.19. The third-order valence-corrected chi connectivity index (χ3v) is 4.59. The molecule has 1 aromatic carbocycles. The molecule has 0 aliphatic carbocycles. The normalized spacial score (nSPS) is 17.9. The Bertz CT molecular complexity index is 446. The lowest BCUT2D eigenvalue weighted by Gasteiger charge is -2.16. The van der Waals surface area contributed by atoms with E-state index < -0.39 is 0 Å². The Labute approximate surface area is 141 Å². The summed E-state index contributed by atoms with van der Waals surface area (Å²) in [5, 5.41) is 0. The number of hydrogen-bond acceptors (Lipinski definition) is 2. The Morgan fingerprint density at radius 2 is 1.96 bits per heavy atom. The zero-order chi connectivity index (χ0) is 16.3. The van der Waals surface area contributed by atoms with Crippen molar-refractivity contribution in [3.8, 4) is 0 Å². The van der Waals surface area contributed by atoms with Gasteiger partial charge in [-0.1, -0.05) is 50.1 Å². The van der Waals surface area contributed by atoms with Crippen LogP contribution in [0.1, 0.15) is 57.4 Å². The summed E-state index contributed by atoms with van der Waals surface area (Å²) in [6, 6.07) is 10.3. The largest absolute Gasteiger partial charge is 0.377 e. The minimum absolute atomic E-state index is 0.367. The van der Waals surface area contributed by atoms with E-state index in [0.29, 0.717) is 18.4 Å². The Morgan fingerprint density at radius 1 is 1.13 bits per heavy atom. The van der Waals surface area contributed by atoms with Crippen LogP contribution >= 0.6 is 0 Å². The zero-order valence-electron chi connectivity index (χ0n) is 14.5.